The van der Waals surface area contributed by atoms with Gasteiger partial charge in [-0.3, -0.25) is 4.98 Å². The molecule has 0 spiro atoms. The van der Waals surface area contributed by atoms with Gasteiger partial charge in [-0.05, 0) is 31.5 Å². The normalized spacial score (nSPS) is 10.4. The van der Waals surface area contributed by atoms with Gasteiger partial charge in [-0.1, -0.05) is 0 Å². The minimum absolute atomic E-state index is 0.276. The van der Waals surface area contributed by atoms with Gasteiger partial charge in [0.05, 0.1) is 11.4 Å². The van der Waals surface area contributed by atoms with Crippen LogP contribution in [0.1, 0.15) is 20.9 Å². The minimum atomic E-state index is -0.936. The van der Waals surface area contributed by atoms with Crippen LogP contribution in [-0.4, -0.2) is 21.0 Å². The van der Waals surface area contributed by atoms with Crippen LogP contribution < -0.4 is 0 Å². The maximum absolute atomic E-state index is 10.9. The fourth-order valence-electron chi connectivity index (χ4n) is 1.36. The first-order chi connectivity index (χ1) is 7.58. The van der Waals surface area contributed by atoms with Crippen LogP contribution in [0.4, 0.5) is 0 Å². The number of rotatable bonds is 2. The molecule has 1 N–H and O–H groups in total. The molecule has 0 radical (unpaired) electrons. The maximum atomic E-state index is 10.9. The zero-order valence-electron chi connectivity index (χ0n) is 8.89. The number of carboxylic acid groups (broad SMARTS) is 1. The van der Waals surface area contributed by atoms with E-state index in [0.717, 1.165) is 22.6 Å². The number of hydrogen-bond acceptors (Lipinski definition) is 4. The number of pyridine rings is 1. The van der Waals surface area contributed by atoms with Gasteiger partial charge < -0.3 is 5.11 Å². The average Bonchev–Trinajstić information content (AvgIpc) is 2.60. The van der Waals surface area contributed by atoms with Gasteiger partial charge in [0.2, 0.25) is 0 Å². The predicted octanol–water partition coefficient (Wildman–Crippen LogP) is 2.52. The zero-order chi connectivity index (χ0) is 11.7. The summed E-state index contributed by atoms with van der Waals surface area (Å²) in [6.07, 6.45) is 1.70. The number of aromatic carboxylic acids is 1. The zero-order valence-corrected chi connectivity index (χ0v) is 9.71. The van der Waals surface area contributed by atoms with Crippen molar-refractivity contribution in [2.45, 2.75) is 13.8 Å². The van der Waals surface area contributed by atoms with Crippen LogP contribution in [-0.2, 0) is 0 Å². The largest absolute Gasteiger partial charge is 0.477 e. The van der Waals surface area contributed by atoms with Crippen molar-refractivity contribution in [1.29, 1.82) is 0 Å². The van der Waals surface area contributed by atoms with Gasteiger partial charge in [0.25, 0.3) is 0 Å². The minimum Gasteiger partial charge on any atom is -0.477 e. The Labute approximate surface area is 96.6 Å². The second kappa shape index (κ2) is 4.02. The van der Waals surface area contributed by atoms with Crippen molar-refractivity contribution in [3.05, 3.63) is 34.5 Å². The summed E-state index contributed by atoms with van der Waals surface area (Å²) in [7, 11) is 0. The van der Waals surface area contributed by atoms with Gasteiger partial charge in [-0.15, -0.1) is 11.3 Å². The van der Waals surface area contributed by atoms with Gasteiger partial charge in [-0.25, -0.2) is 9.78 Å². The number of carboxylic acids is 1. The van der Waals surface area contributed by atoms with Crippen LogP contribution in [0.3, 0.4) is 0 Å². The molecular formula is C11H10N2O2S. The smallest absolute Gasteiger partial charge is 0.347 e. The third kappa shape index (κ3) is 1.94. The Morgan fingerprint density at radius 3 is 2.75 bits per heavy atom. The molecule has 0 bridgehead atoms. The molecule has 0 saturated heterocycles. The standard InChI is InChI=1S/C11H10N2O2S/c1-6-3-4-12-8(5-6)10-13-7(2)9(16-10)11(14)15/h3-5H,1-2H3,(H,14,15). The first kappa shape index (κ1) is 10.8. The molecule has 0 atom stereocenters. The van der Waals surface area contributed by atoms with Crippen LogP contribution in [0.5, 0.6) is 0 Å². The van der Waals surface area contributed by atoms with Crippen LogP contribution in [0, 0.1) is 13.8 Å². The van der Waals surface area contributed by atoms with E-state index in [2.05, 4.69) is 9.97 Å². The molecule has 5 heteroatoms. The second-order valence-corrected chi connectivity index (χ2v) is 4.46. The van der Waals surface area contributed by atoms with Gasteiger partial charge in [0.15, 0.2) is 0 Å². The first-order valence-corrected chi connectivity index (χ1v) is 5.53. The highest BCUT2D eigenvalue weighted by molar-refractivity contribution is 7.17. The van der Waals surface area contributed by atoms with E-state index in [0.29, 0.717) is 10.7 Å². The summed E-state index contributed by atoms with van der Waals surface area (Å²) >= 11 is 1.16. The molecule has 16 heavy (non-hydrogen) atoms. The average molecular weight is 234 g/mol. The molecular weight excluding hydrogens is 224 g/mol. The van der Waals surface area contributed by atoms with E-state index < -0.39 is 5.97 Å². The molecule has 0 aromatic carbocycles. The quantitative estimate of drug-likeness (QED) is 0.867. The summed E-state index contributed by atoms with van der Waals surface area (Å²) in [6.45, 7) is 3.66. The fourth-order valence-corrected chi connectivity index (χ4v) is 2.23. The van der Waals surface area contributed by atoms with E-state index in [1.54, 1.807) is 13.1 Å². The van der Waals surface area contributed by atoms with Crippen molar-refractivity contribution in [1.82, 2.24) is 9.97 Å². The molecule has 0 saturated carbocycles. The Morgan fingerprint density at radius 1 is 1.44 bits per heavy atom. The maximum Gasteiger partial charge on any atom is 0.347 e. The number of aromatic nitrogens is 2. The van der Waals surface area contributed by atoms with E-state index in [9.17, 15) is 4.79 Å². The van der Waals surface area contributed by atoms with Crippen LogP contribution >= 0.6 is 11.3 Å². The van der Waals surface area contributed by atoms with E-state index in [-0.39, 0.29) is 4.88 Å². The Balaban J connectivity index is 2.49. The second-order valence-electron chi connectivity index (χ2n) is 3.46. The number of nitrogens with zero attached hydrogens (tertiary/aromatic N) is 2. The summed E-state index contributed by atoms with van der Waals surface area (Å²) in [6, 6.07) is 3.78. The lowest BCUT2D eigenvalue weighted by molar-refractivity contribution is 0.0701. The highest BCUT2D eigenvalue weighted by Crippen LogP contribution is 2.26. The van der Waals surface area contributed by atoms with Crippen LogP contribution in [0.15, 0.2) is 18.3 Å². The van der Waals surface area contributed by atoms with Crippen molar-refractivity contribution in [3.8, 4) is 10.7 Å². The van der Waals surface area contributed by atoms with Crippen molar-refractivity contribution in [2.24, 2.45) is 0 Å². The fraction of sp³-hybridized carbons (Fsp3) is 0.182. The first-order valence-electron chi connectivity index (χ1n) is 4.71. The molecule has 82 valence electrons. The summed E-state index contributed by atoms with van der Waals surface area (Å²) in [4.78, 5) is 19.6. The van der Waals surface area contributed by atoms with E-state index in [4.69, 9.17) is 5.11 Å². The lowest BCUT2D eigenvalue weighted by Gasteiger charge is -1.95. The van der Waals surface area contributed by atoms with Crippen molar-refractivity contribution in [3.63, 3.8) is 0 Å². The molecule has 2 heterocycles. The molecule has 0 amide bonds. The SMILES string of the molecule is Cc1ccnc(-c2nc(C)c(C(=O)O)s2)c1. The van der Waals surface area contributed by atoms with Crippen molar-refractivity contribution < 1.29 is 9.90 Å². The number of carbonyl (C=O) groups is 1. The van der Waals surface area contributed by atoms with E-state index in [1.165, 1.54) is 0 Å². The molecule has 4 nitrogen and oxygen atoms in total. The molecule has 0 unspecified atom stereocenters. The Hall–Kier alpha value is -1.75. The molecule has 0 aliphatic heterocycles. The third-order valence-corrected chi connectivity index (χ3v) is 3.29. The lowest BCUT2D eigenvalue weighted by Crippen LogP contribution is -1.94. The molecule has 0 aliphatic carbocycles. The van der Waals surface area contributed by atoms with Crippen molar-refractivity contribution >= 4 is 17.3 Å². The van der Waals surface area contributed by atoms with Gasteiger partial charge in [-0.2, -0.15) is 0 Å². The van der Waals surface area contributed by atoms with Crippen LogP contribution in [0.25, 0.3) is 10.7 Å². The highest BCUT2D eigenvalue weighted by atomic mass is 32.1. The monoisotopic (exact) mass is 234 g/mol. The van der Waals surface area contributed by atoms with Crippen molar-refractivity contribution in [2.75, 3.05) is 0 Å². The molecule has 2 aromatic rings. The van der Waals surface area contributed by atoms with Gasteiger partial charge in [0, 0.05) is 6.20 Å². The highest BCUT2D eigenvalue weighted by Gasteiger charge is 2.15. The molecule has 2 aromatic heterocycles. The number of hydrogen-bond donors (Lipinski definition) is 1. The molecule has 2 rings (SSSR count). The van der Waals surface area contributed by atoms with E-state index in [1.807, 2.05) is 19.1 Å². The topological polar surface area (TPSA) is 63.1 Å². The van der Waals surface area contributed by atoms with Crippen LogP contribution in [0.2, 0.25) is 0 Å². The summed E-state index contributed by atoms with van der Waals surface area (Å²) in [5.74, 6) is -0.936. The summed E-state index contributed by atoms with van der Waals surface area (Å²) < 4.78 is 0. The molecule has 0 aliphatic rings. The number of aryl methyl sites for hydroxylation is 2. The summed E-state index contributed by atoms with van der Waals surface area (Å²) in [5, 5.41) is 9.58. The third-order valence-electron chi connectivity index (χ3n) is 2.13. The van der Waals surface area contributed by atoms with E-state index >= 15 is 0 Å². The predicted molar refractivity (Wildman–Crippen MR) is 61.8 cm³/mol. The Kier molecular flexibility index (Phi) is 2.70. The lowest BCUT2D eigenvalue weighted by atomic mass is 10.2. The Bertz CT molecular complexity index is 549. The van der Waals surface area contributed by atoms with Gasteiger partial charge in [0.1, 0.15) is 9.88 Å². The summed E-state index contributed by atoms with van der Waals surface area (Å²) in [5.41, 5.74) is 2.34. The molecule has 0 fully saturated rings. The number of thiazole rings is 1. The Morgan fingerprint density at radius 2 is 2.19 bits per heavy atom. The van der Waals surface area contributed by atoms with Gasteiger partial charge >= 0.3 is 5.97 Å².